The van der Waals surface area contributed by atoms with Gasteiger partial charge in [0.05, 0.1) is 37.1 Å². The van der Waals surface area contributed by atoms with Crippen LogP contribution in [0.15, 0.2) is 46.5 Å². The Labute approximate surface area is 132 Å². The van der Waals surface area contributed by atoms with Crippen LogP contribution in [0.25, 0.3) is 0 Å². The van der Waals surface area contributed by atoms with Crippen LogP contribution in [-0.4, -0.2) is 31.2 Å². The first-order chi connectivity index (χ1) is 11.2. The molecular formula is C16H12N4O3. The van der Waals surface area contributed by atoms with Crippen molar-refractivity contribution in [2.24, 2.45) is 9.98 Å². The second kappa shape index (κ2) is 7.50. The Morgan fingerprint density at radius 2 is 1.91 bits per heavy atom. The molecule has 2 rings (SSSR count). The first kappa shape index (κ1) is 15.9. The minimum Gasteiger partial charge on any atom is -0.479 e. The number of ether oxygens (including phenoxy) is 2. The van der Waals surface area contributed by atoms with Gasteiger partial charge in [-0.1, -0.05) is 0 Å². The molecule has 1 aromatic heterocycles. The predicted molar refractivity (Wildman–Crippen MR) is 82.5 cm³/mol. The molecule has 0 aliphatic carbocycles. The molecule has 1 heterocycles. The quantitative estimate of drug-likeness (QED) is 0.639. The number of benzene rings is 1. The Bertz CT molecular complexity index is 816. The summed E-state index contributed by atoms with van der Waals surface area (Å²) in [5.41, 5.74) is 1.47. The van der Waals surface area contributed by atoms with Gasteiger partial charge in [0.25, 0.3) is 0 Å². The topological polar surface area (TPSA) is 96.9 Å². The molecule has 0 N–H and O–H groups in total. The summed E-state index contributed by atoms with van der Waals surface area (Å²) in [6.45, 7) is 0. The molecule has 0 saturated heterocycles. The van der Waals surface area contributed by atoms with Crippen LogP contribution >= 0.6 is 0 Å². The molecule has 0 radical (unpaired) electrons. The number of carbonyl (C=O) groups excluding carboxylic acids is 1. The van der Waals surface area contributed by atoms with E-state index in [1.165, 1.54) is 26.5 Å². The number of nitriles is 1. The van der Waals surface area contributed by atoms with E-state index < -0.39 is 5.97 Å². The third-order valence-corrected chi connectivity index (χ3v) is 2.83. The van der Waals surface area contributed by atoms with Gasteiger partial charge in [0, 0.05) is 6.20 Å². The number of esters is 1. The lowest BCUT2D eigenvalue weighted by Gasteiger charge is -2.05. The lowest BCUT2D eigenvalue weighted by atomic mass is 10.2. The molecule has 2 aromatic rings. The van der Waals surface area contributed by atoms with Crippen LogP contribution in [0.1, 0.15) is 15.9 Å². The Morgan fingerprint density at radius 3 is 2.52 bits per heavy atom. The van der Waals surface area contributed by atoms with E-state index >= 15 is 0 Å². The molecule has 1 aromatic carbocycles. The number of methoxy groups -OCH3 is 2. The lowest BCUT2D eigenvalue weighted by Crippen LogP contribution is -2.03. The van der Waals surface area contributed by atoms with Gasteiger partial charge in [0.1, 0.15) is 6.01 Å². The number of rotatable bonds is 4. The molecule has 0 spiro atoms. The van der Waals surface area contributed by atoms with E-state index in [1.54, 1.807) is 24.3 Å². The van der Waals surface area contributed by atoms with Crippen molar-refractivity contribution in [3.8, 4) is 11.9 Å². The molecule has 0 saturated carbocycles. The van der Waals surface area contributed by atoms with E-state index in [-0.39, 0.29) is 17.1 Å². The fraction of sp³-hybridized carbons (Fsp3) is 0.125. The van der Waals surface area contributed by atoms with Crippen LogP contribution < -0.4 is 4.74 Å². The van der Waals surface area contributed by atoms with Gasteiger partial charge in [-0.2, -0.15) is 15.2 Å². The summed E-state index contributed by atoms with van der Waals surface area (Å²) in [6, 6.07) is 12.5. The molecule has 0 aliphatic rings. The molecule has 0 unspecified atom stereocenters. The second-order valence-electron chi connectivity index (χ2n) is 4.19. The van der Waals surface area contributed by atoms with Gasteiger partial charge < -0.3 is 9.47 Å². The molecule has 7 heteroatoms. The van der Waals surface area contributed by atoms with Crippen molar-refractivity contribution in [2.45, 2.75) is 0 Å². The summed E-state index contributed by atoms with van der Waals surface area (Å²) >= 11 is 0. The molecule has 23 heavy (non-hydrogen) atoms. The number of hydrogen-bond donors (Lipinski definition) is 0. The number of aromatic nitrogens is 1. The first-order valence-corrected chi connectivity index (χ1v) is 6.47. The van der Waals surface area contributed by atoms with Gasteiger partial charge in [0.15, 0.2) is 5.69 Å². The summed E-state index contributed by atoms with van der Waals surface area (Å²) in [4.78, 5) is 23.8. The summed E-state index contributed by atoms with van der Waals surface area (Å²) in [5.74, 6) is -0.403. The molecule has 7 nitrogen and oxygen atoms in total. The zero-order valence-electron chi connectivity index (χ0n) is 12.5. The molecule has 0 aliphatic heterocycles. The van der Waals surface area contributed by atoms with Crippen molar-refractivity contribution in [1.29, 1.82) is 5.26 Å². The third kappa shape index (κ3) is 3.79. The van der Waals surface area contributed by atoms with E-state index in [4.69, 9.17) is 14.7 Å². The molecular weight excluding hydrogens is 296 g/mol. The standard InChI is InChI=1S/C16H12N4O3/c1-22-15-14(13(7-8-18-15)16(21)23-2)20-10-19-12-5-3-11(9-17)4-6-12/h3-8H,1-2H3. The Balaban J connectivity index is 2.39. The molecule has 0 atom stereocenters. The maximum atomic E-state index is 11.8. The van der Waals surface area contributed by atoms with Crippen LogP contribution in [0.3, 0.4) is 0 Å². The largest absolute Gasteiger partial charge is 0.479 e. The van der Waals surface area contributed by atoms with E-state index in [0.717, 1.165) is 0 Å². The summed E-state index contributed by atoms with van der Waals surface area (Å²) in [6.07, 6.45) is 1.42. The number of hydrogen-bond acceptors (Lipinski definition) is 7. The van der Waals surface area contributed by atoms with E-state index in [2.05, 4.69) is 21.0 Å². The van der Waals surface area contributed by atoms with Gasteiger partial charge in [-0.05, 0) is 30.3 Å². The minimum absolute atomic E-state index is 0.162. The summed E-state index contributed by atoms with van der Waals surface area (Å²) < 4.78 is 9.78. The maximum absolute atomic E-state index is 11.8. The number of nitrogens with zero attached hydrogens (tertiary/aromatic N) is 4. The van der Waals surface area contributed by atoms with E-state index in [0.29, 0.717) is 11.3 Å². The van der Waals surface area contributed by atoms with Crippen molar-refractivity contribution in [3.63, 3.8) is 0 Å². The average Bonchev–Trinajstić information content (AvgIpc) is 2.61. The van der Waals surface area contributed by atoms with Crippen molar-refractivity contribution < 1.29 is 14.3 Å². The van der Waals surface area contributed by atoms with Crippen LogP contribution in [0, 0.1) is 11.3 Å². The fourth-order valence-corrected chi connectivity index (χ4v) is 1.71. The molecule has 114 valence electrons. The number of aliphatic imine (C=N–C) groups is 2. The minimum atomic E-state index is -0.565. The highest BCUT2D eigenvalue weighted by molar-refractivity contribution is 5.96. The SMILES string of the molecule is COC(=O)c1ccnc(OC)c1N=C=Nc1ccc(C#N)cc1. The third-order valence-electron chi connectivity index (χ3n) is 2.83. The van der Waals surface area contributed by atoms with Gasteiger partial charge in [-0.25, -0.2) is 9.78 Å². The smallest absolute Gasteiger partial charge is 0.340 e. The average molecular weight is 308 g/mol. The summed E-state index contributed by atoms with van der Waals surface area (Å²) in [7, 11) is 2.69. The Hall–Kier alpha value is -3.49. The monoisotopic (exact) mass is 308 g/mol. The van der Waals surface area contributed by atoms with Crippen molar-refractivity contribution in [2.75, 3.05) is 14.2 Å². The van der Waals surface area contributed by atoms with Crippen molar-refractivity contribution in [1.82, 2.24) is 4.98 Å². The highest BCUT2D eigenvalue weighted by atomic mass is 16.5. The van der Waals surface area contributed by atoms with E-state index in [1.807, 2.05) is 6.07 Å². The molecule has 0 amide bonds. The Morgan fingerprint density at radius 1 is 1.17 bits per heavy atom. The van der Waals surface area contributed by atoms with Crippen LogP contribution in [0.4, 0.5) is 11.4 Å². The normalized spacial score (nSPS) is 9.26. The maximum Gasteiger partial charge on any atom is 0.340 e. The highest BCUT2D eigenvalue weighted by Gasteiger charge is 2.16. The van der Waals surface area contributed by atoms with Gasteiger partial charge in [-0.15, -0.1) is 0 Å². The molecule has 0 bridgehead atoms. The summed E-state index contributed by atoms with van der Waals surface area (Å²) in [5, 5.41) is 8.74. The fourth-order valence-electron chi connectivity index (χ4n) is 1.71. The number of pyridine rings is 1. The van der Waals surface area contributed by atoms with Crippen LogP contribution in [0.5, 0.6) is 5.88 Å². The van der Waals surface area contributed by atoms with Gasteiger partial charge >= 0.3 is 5.97 Å². The lowest BCUT2D eigenvalue weighted by molar-refractivity contribution is 0.0601. The van der Waals surface area contributed by atoms with Gasteiger partial charge in [-0.3, -0.25) is 0 Å². The molecule has 0 fully saturated rings. The van der Waals surface area contributed by atoms with Crippen LogP contribution in [-0.2, 0) is 4.74 Å². The van der Waals surface area contributed by atoms with Crippen molar-refractivity contribution >= 4 is 23.4 Å². The highest BCUT2D eigenvalue weighted by Crippen LogP contribution is 2.29. The van der Waals surface area contributed by atoms with E-state index in [9.17, 15) is 4.79 Å². The Kier molecular flexibility index (Phi) is 5.18. The zero-order valence-corrected chi connectivity index (χ0v) is 12.5. The van der Waals surface area contributed by atoms with Gasteiger partial charge in [0.2, 0.25) is 5.88 Å². The first-order valence-electron chi connectivity index (χ1n) is 6.47. The van der Waals surface area contributed by atoms with Crippen LogP contribution in [0.2, 0.25) is 0 Å². The predicted octanol–water partition coefficient (Wildman–Crippen LogP) is 2.89. The van der Waals surface area contributed by atoms with Crippen molar-refractivity contribution in [3.05, 3.63) is 47.7 Å². The number of carbonyl (C=O) groups is 1. The zero-order chi connectivity index (χ0) is 16.7. The second-order valence-corrected chi connectivity index (χ2v) is 4.19.